The summed E-state index contributed by atoms with van der Waals surface area (Å²) in [7, 11) is 2.81. The number of barbiturate groups is 1. The van der Waals surface area contributed by atoms with E-state index in [1.165, 1.54) is 14.1 Å². The third kappa shape index (κ3) is 3.96. The van der Waals surface area contributed by atoms with Gasteiger partial charge in [-0.3, -0.25) is 38.7 Å². The fourth-order valence-corrected chi connectivity index (χ4v) is 6.39. The van der Waals surface area contributed by atoms with E-state index >= 15 is 0 Å². The molecule has 3 aliphatic rings. The van der Waals surface area contributed by atoms with Gasteiger partial charge in [-0.25, -0.2) is 9.59 Å². The fraction of sp³-hybridized carbons (Fsp3) is 0.500. The van der Waals surface area contributed by atoms with Crippen molar-refractivity contribution in [1.82, 2.24) is 19.4 Å². The quantitative estimate of drug-likeness (QED) is 0.413. The van der Waals surface area contributed by atoms with E-state index in [1.807, 2.05) is 13.0 Å². The number of aliphatic imine (C=N–C) groups is 1. The first kappa shape index (κ1) is 27.4. The number of rotatable bonds is 6. The monoisotopic (exact) mass is 550 g/mol. The lowest BCUT2D eigenvalue weighted by molar-refractivity contribution is -0.159. The lowest BCUT2D eigenvalue weighted by Gasteiger charge is -2.50. The van der Waals surface area contributed by atoms with Crippen molar-refractivity contribution in [3.05, 3.63) is 50.2 Å². The lowest BCUT2D eigenvalue weighted by atomic mass is 9.68. The molecule has 0 saturated carbocycles. The number of nitrogens with zero attached hydrogens (tertiary/aromatic N) is 5. The van der Waals surface area contributed by atoms with E-state index in [-0.39, 0.29) is 24.6 Å². The predicted octanol–water partition coefficient (Wildman–Crippen LogP) is 2.13. The van der Waals surface area contributed by atoms with Crippen molar-refractivity contribution >= 4 is 34.9 Å². The van der Waals surface area contributed by atoms with Crippen LogP contribution in [0, 0.1) is 5.41 Å². The molecule has 2 N–H and O–H groups in total. The average molecular weight is 551 g/mol. The van der Waals surface area contributed by atoms with Gasteiger partial charge in [0.25, 0.3) is 5.56 Å². The van der Waals surface area contributed by atoms with E-state index in [2.05, 4.69) is 14.9 Å². The van der Waals surface area contributed by atoms with Gasteiger partial charge in [-0.1, -0.05) is 20.3 Å². The number of nitrogens with one attached hydrogen (secondary N) is 1. The molecule has 40 heavy (non-hydrogen) atoms. The van der Waals surface area contributed by atoms with Crippen molar-refractivity contribution in [2.24, 2.45) is 10.4 Å². The Hall–Kier alpha value is -4.22. The molecule has 2 aromatic rings. The van der Waals surface area contributed by atoms with Gasteiger partial charge in [0.15, 0.2) is 5.41 Å². The number of amides is 4. The first-order chi connectivity index (χ1) is 19.1. The number of carbonyl (C=O) groups is 3. The van der Waals surface area contributed by atoms with Gasteiger partial charge >= 0.3 is 11.7 Å². The zero-order valence-corrected chi connectivity index (χ0v) is 23.2. The summed E-state index contributed by atoms with van der Waals surface area (Å²) in [6, 6.07) is 4.48. The second-order valence-corrected chi connectivity index (χ2v) is 10.7. The van der Waals surface area contributed by atoms with E-state index in [1.54, 1.807) is 19.1 Å². The Morgan fingerprint density at radius 1 is 1.10 bits per heavy atom. The Bertz CT molecular complexity index is 1530. The molecule has 1 atom stereocenters. The summed E-state index contributed by atoms with van der Waals surface area (Å²) in [6.45, 7) is 4.68. The Morgan fingerprint density at radius 2 is 1.80 bits per heavy atom. The molecule has 3 aliphatic heterocycles. The van der Waals surface area contributed by atoms with Gasteiger partial charge < -0.3 is 10.0 Å². The third-order valence-electron chi connectivity index (χ3n) is 8.40. The van der Waals surface area contributed by atoms with Gasteiger partial charge in [-0.05, 0) is 55.9 Å². The molecular weight excluding hydrogens is 516 g/mol. The summed E-state index contributed by atoms with van der Waals surface area (Å²) in [6.07, 6.45) is 3.32. The van der Waals surface area contributed by atoms with Crippen LogP contribution in [0.5, 0.6) is 5.88 Å². The van der Waals surface area contributed by atoms with Crippen LogP contribution in [0.1, 0.15) is 57.1 Å². The van der Waals surface area contributed by atoms with Gasteiger partial charge in [0.05, 0.1) is 17.4 Å². The molecule has 1 aromatic heterocycles. The van der Waals surface area contributed by atoms with E-state index < -0.39 is 40.4 Å². The number of fused-ring (bicyclic) bond motifs is 4. The standard InChI is InChI=1S/C28H34N6O6/c1-5-7-12-34-23(36)21(22(35)30-26(34)39)18(6-2)29-17-10-11-19-16(14-17)15-28(20-9-8-13-33(19)20)24(37)31(3)27(40)32(4)25(28)38/h10-11,14,20,36H,5-9,12-13,15H2,1-4H3,(H,30,35,39)/t20-/m0/s1. The molecule has 2 saturated heterocycles. The van der Waals surface area contributed by atoms with Crippen molar-refractivity contribution in [3.8, 4) is 5.88 Å². The number of H-pyrrole nitrogens is 1. The highest BCUT2D eigenvalue weighted by molar-refractivity contribution is 6.20. The van der Waals surface area contributed by atoms with Crippen molar-refractivity contribution in [2.45, 2.75) is 65.0 Å². The molecule has 212 valence electrons. The Morgan fingerprint density at radius 3 is 2.45 bits per heavy atom. The van der Waals surface area contributed by atoms with E-state index in [9.17, 15) is 29.1 Å². The number of urea groups is 1. The molecule has 4 amide bonds. The van der Waals surface area contributed by atoms with E-state index in [0.29, 0.717) is 37.2 Å². The number of carbonyl (C=O) groups excluding carboxylic acids is 3. The number of hydrogen-bond acceptors (Lipinski definition) is 8. The number of hydrogen-bond donors (Lipinski definition) is 2. The van der Waals surface area contributed by atoms with Crippen LogP contribution in [0.4, 0.5) is 16.2 Å². The average Bonchev–Trinajstić information content (AvgIpc) is 3.44. The van der Waals surface area contributed by atoms with Crippen LogP contribution in [-0.2, 0) is 22.6 Å². The highest BCUT2D eigenvalue weighted by atomic mass is 16.3. The van der Waals surface area contributed by atoms with Crippen molar-refractivity contribution in [1.29, 1.82) is 0 Å². The Balaban J connectivity index is 1.61. The second-order valence-electron chi connectivity index (χ2n) is 10.7. The summed E-state index contributed by atoms with van der Waals surface area (Å²) in [5.74, 6) is -1.43. The molecule has 0 unspecified atom stereocenters. The SMILES string of the molecule is CCCCn1c(O)c(C(CC)=Nc2ccc3c(c2)CC2(C(=O)N(C)C(=O)N(C)C2=O)[C@@H]2CCCN32)c(=O)[nH]c1=O. The van der Waals surface area contributed by atoms with Gasteiger partial charge in [0.2, 0.25) is 17.7 Å². The maximum atomic E-state index is 13.6. The van der Waals surface area contributed by atoms with Gasteiger partial charge in [0.1, 0.15) is 5.56 Å². The van der Waals surface area contributed by atoms with Crippen molar-refractivity contribution < 1.29 is 19.5 Å². The van der Waals surface area contributed by atoms with Crippen LogP contribution in [0.15, 0.2) is 32.8 Å². The van der Waals surface area contributed by atoms with Crippen molar-refractivity contribution in [3.63, 3.8) is 0 Å². The smallest absolute Gasteiger partial charge is 0.332 e. The summed E-state index contributed by atoms with van der Waals surface area (Å²) < 4.78 is 1.14. The number of unbranched alkanes of at least 4 members (excludes halogenated alkanes) is 1. The van der Waals surface area contributed by atoms with E-state index in [0.717, 1.165) is 38.5 Å². The molecule has 4 heterocycles. The van der Waals surface area contributed by atoms with Crippen LogP contribution >= 0.6 is 0 Å². The molecule has 12 nitrogen and oxygen atoms in total. The lowest BCUT2D eigenvalue weighted by Crippen LogP contribution is -2.70. The minimum atomic E-state index is -1.43. The van der Waals surface area contributed by atoms with E-state index in [4.69, 9.17) is 0 Å². The summed E-state index contributed by atoms with van der Waals surface area (Å²) in [5.41, 5.74) is -0.482. The minimum absolute atomic E-state index is 0.0635. The number of anilines is 1. The van der Waals surface area contributed by atoms with Crippen molar-refractivity contribution in [2.75, 3.05) is 25.5 Å². The molecule has 12 heteroatoms. The second kappa shape index (κ2) is 10.1. The predicted molar refractivity (Wildman–Crippen MR) is 148 cm³/mol. The fourth-order valence-electron chi connectivity index (χ4n) is 6.39. The normalized spacial score (nSPS) is 20.4. The number of aromatic amines is 1. The van der Waals surface area contributed by atoms with Gasteiger partial charge in [-0.2, -0.15) is 0 Å². The third-order valence-corrected chi connectivity index (χ3v) is 8.40. The zero-order chi connectivity index (χ0) is 28.9. The number of imide groups is 2. The van der Waals surface area contributed by atoms with Crippen LogP contribution < -0.4 is 16.1 Å². The molecule has 0 aliphatic carbocycles. The number of benzene rings is 1. The maximum absolute atomic E-state index is 13.6. The molecular formula is C28H34N6O6. The number of aromatic nitrogens is 2. The van der Waals surface area contributed by atoms with Crippen LogP contribution in [0.25, 0.3) is 0 Å². The molecule has 2 fully saturated rings. The summed E-state index contributed by atoms with van der Waals surface area (Å²) in [4.78, 5) is 76.0. The topological polar surface area (TPSA) is 148 Å². The molecule has 1 aromatic carbocycles. The highest BCUT2D eigenvalue weighted by Gasteiger charge is 2.63. The zero-order valence-electron chi connectivity index (χ0n) is 23.2. The molecule has 5 rings (SSSR count). The van der Waals surface area contributed by atoms with Crippen LogP contribution in [0.2, 0.25) is 0 Å². The molecule has 0 radical (unpaired) electrons. The first-order valence-electron chi connectivity index (χ1n) is 13.7. The minimum Gasteiger partial charge on any atom is -0.494 e. The van der Waals surface area contributed by atoms with Crippen LogP contribution in [0.3, 0.4) is 0 Å². The first-order valence-corrected chi connectivity index (χ1v) is 13.7. The Labute approximate surface area is 230 Å². The Kier molecular flexibility index (Phi) is 6.89. The van der Waals surface area contributed by atoms with Crippen LogP contribution in [-0.4, -0.2) is 74.7 Å². The number of aromatic hydroxyl groups is 1. The van der Waals surface area contributed by atoms with Gasteiger partial charge in [0, 0.05) is 32.9 Å². The summed E-state index contributed by atoms with van der Waals surface area (Å²) in [5, 5.41) is 10.9. The largest absolute Gasteiger partial charge is 0.494 e. The maximum Gasteiger partial charge on any atom is 0.332 e. The summed E-state index contributed by atoms with van der Waals surface area (Å²) >= 11 is 0. The highest BCUT2D eigenvalue weighted by Crippen LogP contribution is 2.49. The van der Waals surface area contributed by atoms with Gasteiger partial charge in [-0.15, -0.1) is 0 Å². The molecule has 1 spiro atoms. The molecule has 0 bridgehead atoms.